The zero-order valence-corrected chi connectivity index (χ0v) is 12.7. The lowest BCUT2D eigenvalue weighted by Crippen LogP contribution is -2.28. The molecule has 1 aliphatic heterocycles. The maximum Gasteiger partial charge on any atom is 0.227 e. The van der Waals surface area contributed by atoms with Crippen LogP contribution in [0.4, 0.5) is 5.69 Å². The summed E-state index contributed by atoms with van der Waals surface area (Å²) in [6.07, 6.45) is 0.196. The quantitative estimate of drug-likeness (QED) is 0.940. The Labute approximate surface area is 129 Å². The summed E-state index contributed by atoms with van der Waals surface area (Å²) in [4.78, 5) is 25.1. The summed E-state index contributed by atoms with van der Waals surface area (Å²) >= 11 is 0. The molecule has 1 unspecified atom stereocenters. The van der Waals surface area contributed by atoms with E-state index >= 15 is 0 Å². The van der Waals surface area contributed by atoms with E-state index in [4.69, 9.17) is 5.73 Å². The lowest BCUT2D eigenvalue weighted by atomic mass is 10.1. The molecular formula is C17H19N3O2. The fourth-order valence-electron chi connectivity index (χ4n) is 3.02. The van der Waals surface area contributed by atoms with Gasteiger partial charge in [0.25, 0.3) is 0 Å². The number of primary amides is 1. The Balaban J connectivity index is 1.96. The Hall–Kier alpha value is -2.56. The van der Waals surface area contributed by atoms with Gasteiger partial charge in [-0.1, -0.05) is 6.07 Å². The first kappa shape index (κ1) is 14.4. The lowest BCUT2D eigenvalue weighted by Gasteiger charge is -2.18. The summed E-state index contributed by atoms with van der Waals surface area (Å²) in [5.41, 5.74) is 9.41. The maximum atomic E-state index is 12.1. The van der Waals surface area contributed by atoms with Gasteiger partial charge in [0.2, 0.25) is 11.8 Å². The Morgan fingerprint density at radius 1 is 1.14 bits per heavy atom. The number of nitrogens with two attached hydrogens (primary N) is 1. The van der Waals surface area contributed by atoms with Crippen LogP contribution in [0.5, 0.6) is 0 Å². The highest BCUT2D eigenvalue weighted by Crippen LogP contribution is 2.27. The number of hydrogen-bond acceptors (Lipinski definition) is 2. The van der Waals surface area contributed by atoms with E-state index in [1.165, 1.54) is 0 Å². The fraction of sp³-hybridized carbons (Fsp3) is 0.294. The summed E-state index contributed by atoms with van der Waals surface area (Å²) in [6, 6.07) is 11.9. The Bertz CT molecular complexity index is 729. The SMILES string of the molecule is Cc1ccc(C)n1-c1cccc(N2CC(C(N)=O)CC2=O)c1. The van der Waals surface area contributed by atoms with Crippen LogP contribution < -0.4 is 10.6 Å². The molecule has 1 aromatic heterocycles. The molecule has 1 atom stereocenters. The minimum Gasteiger partial charge on any atom is -0.369 e. The number of carbonyl (C=O) groups is 2. The number of aryl methyl sites for hydroxylation is 2. The molecule has 5 heteroatoms. The van der Waals surface area contributed by atoms with E-state index in [1.54, 1.807) is 4.90 Å². The first-order valence-corrected chi connectivity index (χ1v) is 7.32. The van der Waals surface area contributed by atoms with Gasteiger partial charge in [-0.3, -0.25) is 9.59 Å². The van der Waals surface area contributed by atoms with Crippen molar-refractivity contribution in [1.29, 1.82) is 0 Å². The van der Waals surface area contributed by atoms with Crippen LogP contribution in [0.3, 0.4) is 0 Å². The molecule has 2 heterocycles. The largest absolute Gasteiger partial charge is 0.369 e. The van der Waals surface area contributed by atoms with Gasteiger partial charge >= 0.3 is 0 Å². The Morgan fingerprint density at radius 2 is 1.77 bits per heavy atom. The van der Waals surface area contributed by atoms with Gasteiger partial charge in [-0.15, -0.1) is 0 Å². The van der Waals surface area contributed by atoms with E-state index in [0.29, 0.717) is 6.54 Å². The Morgan fingerprint density at radius 3 is 2.36 bits per heavy atom. The molecule has 2 aromatic rings. The van der Waals surface area contributed by atoms with Crippen LogP contribution in [0, 0.1) is 19.8 Å². The second-order valence-electron chi connectivity index (χ2n) is 5.78. The third-order valence-electron chi connectivity index (χ3n) is 4.20. The van der Waals surface area contributed by atoms with Gasteiger partial charge in [-0.05, 0) is 44.2 Å². The zero-order chi connectivity index (χ0) is 15.9. The number of amides is 2. The van der Waals surface area contributed by atoms with Crippen molar-refractivity contribution >= 4 is 17.5 Å². The molecule has 3 rings (SSSR count). The number of aromatic nitrogens is 1. The van der Waals surface area contributed by atoms with Crippen molar-refractivity contribution in [2.75, 3.05) is 11.4 Å². The number of carbonyl (C=O) groups excluding carboxylic acids is 2. The van der Waals surface area contributed by atoms with Crippen molar-refractivity contribution < 1.29 is 9.59 Å². The van der Waals surface area contributed by atoms with Gasteiger partial charge in [0.05, 0.1) is 5.92 Å². The molecule has 1 aliphatic rings. The molecule has 0 aliphatic carbocycles. The summed E-state index contributed by atoms with van der Waals surface area (Å²) in [5, 5.41) is 0. The first-order valence-electron chi connectivity index (χ1n) is 7.32. The van der Waals surface area contributed by atoms with E-state index < -0.39 is 11.8 Å². The van der Waals surface area contributed by atoms with Crippen LogP contribution in [-0.4, -0.2) is 22.9 Å². The first-order chi connectivity index (χ1) is 10.5. The van der Waals surface area contributed by atoms with Crippen LogP contribution >= 0.6 is 0 Å². The number of rotatable bonds is 3. The molecule has 2 amide bonds. The van der Waals surface area contributed by atoms with Crippen molar-refractivity contribution in [3.05, 3.63) is 47.8 Å². The molecular weight excluding hydrogens is 278 g/mol. The highest BCUT2D eigenvalue weighted by molar-refractivity contribution is 6.00. The minimum atomic E-state index is -0.413. The van der Waals surface area contributed by atoms with Gasteiger partial charge in [-0.2, -0.15) is 0 Å². The van der Waals surface area contributed by atoms with Gasteiger partial charge in [0.15, 0.2) is 0 Å². The highest BCUT2D eigenvalue weighted by Gasteiger charge is 2.33. The molecule has 1 saturated heterocycles. The predicted molar refractivity (Wildman–Crippen MR) is 84.9 cm³/mol. The number of hydrogen-bond donors (Lipinski definition) is 1. The van der Waals surface area contributed by atoms with E-state index in [9.17, 15) is 9.59 Å². The molecule has 0 saturated carbocycles. The second-order valence-corrected chi connectivity index (χ2v) is 5.78. The minimum absolute atomic E-state index is 0.0538. The summed E-state index contributed by atoms with van der Waals surface area (Å²) in [5.74, 6) is -0.864. The molecule has 1 fully saturated rings. The third kappa shape index (κ3) is 2.39. The van der Waals surface area contributed by atoms with Gasteiger partial charge in [0.1, 0.15) is 0 Å². The van der Waals surface area contributed by atoms with Crippen LogP contribution in [0.25, 0.3) is 5.69 Å². The smallest absolute Gasteiger partial charge is 0.227 e. The fourth-order valence-corrected chi connectivity index (χ4v) is 3.02. The van der Waals surface area contributed by atoms with Crippen LogP contribution in [-0.2, 0) is 9.59 Å². The average Bonchev–Trinajstić information content (AvgIpc) is 3.02. The summed E-state index contributed by atoms with van der Waals surface area (Å²) < 4.78 is 2.13. The molecule has 1 aromatic carbocycles. The second kappa shape index (κ2) is 5.33. The lowest BCUT2D eigenvalue weighted by molar-refractivity contribution is -0.123. The topological polar surface area (TPSA) is 68.3 Å². The molecule has 2 N–H and O–H groups in total. The molecule has 0 bridgehead atoms. The van der Waals surface area contributed by atoms with E-state index in [-0.39, 0.29) is 12.3 Å². The van der Waals surface area contributed by atoms with Gasteiger partial charge in [-0.25, -0.2) is 0 Å². The molecule has 114 valence electrons. The number of nitrogens with zero attached hydrogens (tertiary/aromatic N) is 2. The summed E-state index contributed by atoms with van der Waals surface area (Å²) in [6.45, 7) is 4.45. The van der Waals surface area contributed by atoms with Crippen LogP contribution in [0.15, 0.2) is 36.4 Å². The standard InChI is InChI=1S/C17H19N3O2/c1-11-6-7-12(2)20(11)15-5-3-4-14(9-15)19-10-13(17(18)22)8-16(19)21/h3-7,9,13H,8,10H2,1-2H3,(H2,18,22). The number of anilines is 1. The highest BCUT2D eigenvalue weighted by atomic mass is 16.2. The van der Waals surface area contributed by atoms with Crippen LogP contribution in [0.2, 0.25) is 0 Å². The molecule has 0 spiro atoms. The van der Waals surface area contributed by atoms with E-state index in [0.717, 1.165) is 22.8 Å². The number of benzene rings is 1. The van der Waals surface area contributed by atoms with E-state index in [2.05, 4.69) is 16.7 Å². The zero-order valence-electron chi connectivity index (χ0n) is 12.7. The molecule has 0 radical (unpaired) electrons. The molecule has 5 nitrogen and oxygen atoms in total. The van der Waals surface area contributed by atoms with Crippen molar-refractivity contribution in [3.63, 3.8) is 0 Å². The summed E-state index contributed by atoms with van der Waals surface area (Å²) in [7, 11) is 0. The molecule has 22 heavy (non-hydrogen) atoms. The van der Waals surface area contributed by atoms with Crippen LogP contribution in [0.1, 0.15) is 17.8 Å². The van der Waals surface area contributed by atoms with Crippen molar-refractivity contribution in [2.45, 2.75) is 20.3 Å². The van der Waals surface area contributed by atoms with Gasteiger partial charge in [0, 0.05) is 35.7 Å². The van der Waals surface area contributed by atoms with E-state index in [1.807, 2.05) is 38.1 Å². The predicted octanol–water partition coefficient (Wildman–Crippen LogP) is 1.93. The van der Waals surface area contributed by atoms with Gasteiger partial charge < -0.3 is 15.2 Å². The Kier molecular flexibility index (Phi) is 3.48. The maximum absolute atomic E-state index is 12.1. The monoisotopic (exact) mass is 297 g/mol. The van der Waals surface area contributed by atoms with Crippen molar-refractivity contribution in [2.24, 2.45) is 11.7 Å². The van der Waals surface area contributed by atoms with Crippen molar-refractivity contribution in [1.82, 2.24) is 4.57 Å². The normalized spacial score (nSPS) is 18.0. The third-order valence-corrected chi connectivity index (χ3v) is 4.20. The average molecular weight is 297 g/mol. The van der Waals surface area contributed by atoms with Crippen molar-refractivity contribution in [3.8, 4) is 5.69 Å².